The van der Waals surface area contributed by atoms with Gasteiger partial charge in [0.2, 0.25) is 0 Å². The first-order valence-electron chi connectivity index (χ1n) is 7.36. The molecule has 11 heteroatoms. The normalized spacial score (nSPS) is 17.2. The molecule has 0 N–H and O–H groups in total. The van der Waals surface area contributed by atoms with Gasteiger partial charge in [-0.15, -0.1) is 0 Å². The first-order chi connectivity index (χ1) is 9.83. The lowest BCUT2D eigenvalue weighted by Gasteiger charge is -2.39. The van der Waals surface area contributed by atoms with Crippen molar-refractivity contribution in [2.45, 2.75) is 74.2 Å². The number of hydrogen-bond donors (Lipinski definition) is 0. The second-order valence-corrected chi connectivity index (χ2v) is 22.5. The van der Waals surface area contributed by atoms with Gasteiger partial charge in [0.25, 0.3) is 0 Å². The summed E-state index contributed by atoms with van der Waals surface area (Å²) in [5.41, 5.74) is 0. The predicted octanol–water partition coefficient (Wildman–Crippen LogP) is 6.84. The lowest BCUT2D eigenvalue weighted by molar-refractivity contribution is -0.131. The third-order valence-electron chi connectivity index (χ3n) is 2.92. The van der Waals surface area contributed by atoms with E-state index in [1.54, 1.807) is 6.55 Å². The second kappa shape index (κ2) is 8.28. The zero-order chi connectivity index (χ0) is 18.7. The zero-order valence-electron chi connectivity index (χ0n) is 14.4. The molecule has 1 atom stereocenters. The van der Waals surface area contributed by atoms with Crippen LogP contribution in [-0.4, -0.2) is 35.2 Å². The van der Waals surface area contributed by atoms with Gasteiger partial charge in [-0.25, -0.2) is 0 Å². The van der Waals surface area contributed by atoms with Crippen LogP contribution in [0.5, 0.6) is 0 Å². The van der Waals surface area contributed by atoms with Gasteiger partial charge in [0, 0.05) is 6.42 Å². The summed E-state index contributed by atoms with van der Waals surface area (Å²) in [6.45, 7) is 11.6. The van der Waals surface area contributed by atoms with E-state index in [9.17, 15) is 13.2 Å². The van der Waals surface area contributed by atoms with Crippen LogP contribution in [0.15, 0.2) is 0 Å². The van der Waals surface area contributed by atoms with Crippen LogP contribution in [0.3, 0.4) is 0 Å². The molecule has 0 aliphatic rings. The van der Waals surface area contributed by atoms with E-state index < -0.39 is 41.6 Å². The average Bonchev–Trinajstić information content (AvgIpc) is 2.18. The Kier molecular flexibility index (Phi) is 8.73. The third-order valence-corrected chi connectivity index (χ3v) is 14.5. The van der Waals surface area contributed by atoms with E-state index >= 15 is 0 Å². The highest BCUT2D eigenvalue weighted by atomic mass is 35.6. The van der Waals surface area contributed by atoms with Gasteiger partial charge < -0.3 is 8.23 Å². The summed E-state index contributed by atoms with van der Waals surface area (Å²) in [6, 6.07) is 0.299. The number of hydrogen-bond acceptors (Lipinski definition) is 2. The van der Waals surface area contributed by atoms with Gasteiger partial charge in [-0.05, 0) is 57.8 Å². The molecular weight excluding hydrogens is 424 g/mol. The SMILES string of the molecule is C[Si](C)(C)O[Si](C)(C)O[Si](C)(CCC(F)(F)F)CCC(Cl)(Cl)Cl. The molecule has 0 heterocycles. The van der Waals surface area contributed by atoms with E-state index in [1.807, 2.05) is 32.7 Å². The van der Waals surface area contributed by atoms with Crippen molar-refractivity contribution in [1.29, 1.82) is 0 Å². The maximum absolute atomic E-state index is 12.6. The van der Waals surface area contributed by atoms with Gasteiger partial charge in [0.15, 0.2) is 20.4 Å². The molecule has 2 nitrogen and oxygen atoms in total. The Labute approximate surface area is 155 Å². The molecule has 140 valence electrons. The van der Waals surface area contributed by atoms with E-state index in [1.165, 1.54) is 0 Å². The fourth-order valence-electron chi connectivity index (χ4n) is 2.39. The van der Waals surface area contributed by atoms with Gasteiger partial charge in [0.1, 0.15) is 0 Å². The molecule has 0 aromatic heterocycles. The van der Waals surface area contributed by atoms with Crippen molar-refractivity contribution < 1.29 is 21.4 Å². The minimum absolute atomic E-state index is 0.0528. The number of halogens is 6. The van der Waals surface area contributed by atoms with Gasteiger partial charge >= 0.3 is 14.7 Å². The van der Waals surface area contributed by atoms with E-state index in [2.05, 4.69) is 0 Å². The molecule has 0 aromatic carbocycles. The Balaban J connectivity index is 5.09. The standard InChI is InChI=1S/C12H26Cl3F3O2Si3/c1-21(2,3)19-22(4,5)20-23(6,9-7-11(13,14)15)10-8-12(16,17)18/h7-10H2,1-6H3. The smallest absolute Gasteiger partial charge is 0.388 e. The average molecular weight is 450 g/mol. The van der Waals surface area contributed by atoms with E-state index in [0.717, 1.165) is 0 Å². The largest absolute Gasteiger partial charge is 0.437 e. The molecule has 0 bridgehead atoms. The lowest BCUT2D eigenvalue weighted by Crippen LogP contribution is -2.53. The molecule has 0 saturated heterocycles. The second-order valence-electron chi connectivity index (χ2n) is 7.40. The summed E-state index contributed by atoms with van der Waals surface area (Å²) in [7, 11) is -7.11. The van der Waals surface area contributed by atoms with Crippen molar-refractivity contribution in [3.05, 3.63) is 0 Å². The van der Waals surface area contributed by atoms with Crippen molar-refractivity contribution in [2.75, 3.05) is 0 Å². The number of rotatable bonds is 8. The highest BCUT2D eigenvalue weighted by Crippen LogP contribution is 2.38. The Morgan fingerprint density at radius 3 is 1.57 bits per heavy atom. The summed E-state index contributed by atoms with van der Waals surface area (Å²) < 4.78 is 48.7. The summed E-state index contributed by atoms with van der Waals surface area (Å²) >= 11 is 17.3. The zero-order valence-corrected chi connectivity index (χ0v) is 19.7. The summed E-state index contributed by atoms with van der Waals surface area (Å²) in [5.74, 6) is 0. The maximum Gasteiger partial charge on any atom is 0.388 e. The van der Waals surface area contributed by atoms with E-state index in [0.29, 0.717) is 6.04 Å². The highest BCUT2D eigenvalue weighted by molar-refractivity contribution is 6.88. The first kappa shape index (κ1) is 24.2. The van der Waals surface area contributed by atoms with Crippen LogP contribution in [0.2, 0.25) is 51.4 Å². The maximum atomic E-state index is 12.6. The molecule has 0 radical (unpaired) electrons. The van der Waals surface area contributed by atoms with Crippen LogP contribution >= 0.6 is 34.8 Å². The van der Waals surface area contributed by atoms with Crippen LogP contribution < -0.4 is 0 Å². The van der Waals surface area contributed by atoms with Crippen molar-refractivity contribution in [3.63, 3.8) is 0 Å². The van der Waals surface area contributed by atoms with Crippen molar-refractivity contribution in [3.8, 4) is 0 Å². The molecule has 0 spiro atoms. The minimum atomic E-state index is -4.22. The molecule has 23 heavy (non-hydrogen) atoms. The van der Waals surface area contributed by atoms with Gasteiger partial charge in [-0.2, -0.15) is 13.2 Å². The quantitative estimate of drug-likeness (QED) is 0.298. The number of alkyl halides is 6. The molecule has 0 aliphatic heterocycles. The Morgan fingerprint density at radius 2 is 1.22 bits per heavy atom. The summed E-state index contributed by atoms with van der Waals surface area (Å²) in [6.07, 6.45) is -4.92. The Hall–Kier alpha value is 1.23. The van der Waals surface area contributed by atoms with E-state index in [-0.39, 0.29) is 12.5 Å². The fraction of sp³-hybridized carbons (Fsp3) is 1.00. The molecule has 0 aromatic rings. The van der Waals surface area contributed by atoms with E-state index in [4.69, 9.17) is 43.0 Å². The molecule has 0 saturated carbocycles. The molecule has 0 aliphatic carbocycles. The van der Waals surface area contributed by atoms with Gasteiger partial charge in [0.05, 0.1) is 0 Å². The first-order valence-corrected chi connectivity index (χ1v) is 17.5. The van der Waals surface area contributed by atoms with Crippen LogP contribution in [0, 0.1) is 0 Å². The van der Waals surface area contributed by atoms with Crippen LogP contribution in [-0.2, 0) is 8.23 Å². The predicted molar refractivity (Wildman–Crippen MR) is 99.8 cm³/mol. The monoisotopic (exact) mass is 448 g/mol. The van der Waals surface area contributed by atoms with Crippen molar-refractivity contribution in [1.82, 2.24) is 0 Å². The van der Waals surface area contributed by atoms with Crippen LogP contribution in [0.25, 0.3) is 0 Å². The minimum Gasteiger partial charge on any atom is -0.437 e. The van der Waals surface area contributed by atoms with Crippen molar-refractivity contribution >= 4 is 60.0 Å². The van der Waals surface area contributed by atoms with Gasteiger partial charge in [-0.3, -0.25) is 0 Å². The van der Waals surface area contributed by atoms with Crippen LogP contribution in [0.4, 0.5) is 13.2 Å². The fourth-order valence-corrected chi connectivity index (χ4v) is 17.1. The summed E-state index contributed by atoms with van der Waals surface area (Å²) in [5, 5.41) is 0. The molecule has 1 unspecified atom stereocenters. The summed E-state index contributed by atoms with van der Waals surface area (Å²) in [4.78, 5) is 0. The Bertz CT molecular complexity index is 364. The van der Waals surface area contributed by atoms with Crippen LogP contribution in [0.1, 0.15) is 12.8 Å². The Morgan fingerprint density at radius 1 is 0.783 bits per heavy atom. The topological polar surface area (TPSA) is 18.5 Å². The highest BCUT2D eigenvalue weighted by Gasteiger charge is 2.43. The lowest BCUT2D eigenvalue weighted by atomic mass is 10.5. The molecular formula is C12H26Cl3F3O2Si3. The molecule has 0 amide bonds. The van der Waals surface area contributed by atoms with Crippen molar-refractivity contribution in [2.24, 2.45) is 0 Å². The third kappa shape index (κ3) is 14.1. The van der Waals surface area contributed by atoms with Gasteiger partial charge in [-0.1, -0.05) is 34.8 Å². The molecule has 0 rings (SSSR count). The molecule has 0 fully saturated rings.